The number of ether oxygens (including phenoxy) is 1. The average Bonchev–Trinajstić information content (AvgIpc) is 2.64. The molecule has 3 aliphatic rings. The first-order valence-electron chi connectivity index (χ1n) is 8.95. The molecule has 1 unspecified atom stereocenters. The predicted molar refractivity (Wildman–Crippen MR) is 95.0 cm³/mol. The van der Waals surface area contributed by atoms with Gasteiger partial charge in [0.2, 0.25) is 5.71 Å². The lowest BCUT2D eigenvalue weighted by molar-refractivity contribution is -0.541. The van der Waals surface area contributed by atoms with Gasteiger partial charge in [0.25, 0.3) is 5.91 Å². The summed E-state index contributed by atoms with van der Waals surface area (Å²) in [4.78, 5) is 43.9. The highest BCUT2D eigenvalue weighted by Crippen LogP contribution is 2.27. The monoisotopic (exact) mass is 361 g/mol. The number of imide groups is 1. The van der Waals surface area contributed by atoms with E-state index < -0.39 is 5.92 Å². The molecule has 0 spiro atoms. The zero-order chi connectivity index (χ0) is 19.0. The third-order valence-corrected chi connectivity index (χ3v) is 5.28. The summed E-state index contributed by atoms with van der Waals surface area (Å²) >= 11 is 0. The van der Waals surface area contributed by atoms with E-state index in [0.717, 1.165) is 16.2 Å². The number of aliphatic imine (C=N–C) groups is 1. The van der Waals surface area contributed by atoms with Gasteiger partial charge in [-0.2, -0.15) is 0 Å². The molecule has 0 bridgehead atoms. The summed E-state index contributed by atoms with van der Waals surface area (Å²) in [5.41, 5.74) is 1.80. The summed E-state index contributed by atoms with van der Waals surface area (Å²) in [7, 11) is 3.13. The molecule has 3 rings (SSSR count). The molecule has 2 saturated heterocycles. The van der Waals surface area contributed by atoms with Crippen LogP contribution in [0.5, 0.6) is 0 Å². The summed E-state index contributed by atoms with van der Waals surface area (Å²) in [5.74, 6) is -0.615. The number of rotatable bonds is 2. The highest BCUT2D eigenvalue weighted by Gasteiger charge is 2.49. The second kappa shape index (κ2) is 7.01. The van der Waals surface area contributed by atoms with Crippen LogP contribution in [0.25, 0.3) is 0 Å². The number of piperidine rings is 1. The van der Waals surface area contributed by atoms with Crippen LogP contribution >= 0.6 is 0 Å². The Morgan fingerprint density at radius 3 is 2.54 bits per heavy atom. The van der Waals surface area contributed by atoms with E-state index in [1.54, 1.807) is 13.2 Å². The van der Waals surface area contributed by atoms with Crippen molar-refractivity contribution in [2.24, 2.45) is 16.8 Å². The van der Waals surface area contributed by atoms with Crippen molar-refractivity contribution in [1.29, 1.82) is 0 Å². The maximum atomic E-state index is 12.8. The lowest BCUT2D eigenvalue weighted by atomic mass is 9.89. The van der Waals surface area contributed by atoms with Crippen LogP contribution in [0.15, 0.2) is 16.8 Å². The minimum Gasteiger partial charge on any atom is -0.466 e. The molecule has 8 nitrogen and oxygen atoms in total. The Balaban J connectivity index is 1.90. The third kappa shape index (κ3) is 2.93. The number of hydrogen-bond donors (Lipinski definition) is 0. The van der Waals surface area contributed by atoms with Gasteiger partial charge >= 0.3 is 12.0 Å². The first-order valence-corrected chi connectivity index (χ1v) is 8.95. The first-order chi connectivity index (χ1) is 12.4. The average molecular weight is 361 g/mol. The Bertz CT molecular complexity index is 742. The van der Waals surface area contributed by atoms with Crippen molar-refractivity contribution in [3.05, 3.63) is 11.8 Å². The molecule has 0 saturated carbocycles. The SMILES string of the molecule is CCOC(=O)C1CC[N+](=C2C(C)=CN=C3C2C(=O)N(C)C(=O)N3C)CC1. The van der Waals surface area contributed by atoms with Gasteiger partial charge in [-0.25, -0.2) is 14.4 Å². The zero-order valence-electron chi connectivity index (χ0n) is 15.7. The Hall–Kier alpha value is -2.51. The van der Waals surface area contributed by atoms with Crippen molar-refractivity contribution in [1.82, 2.24) is 9.80 Å². The number of fused-ring (bicyclic) bond motifs is 1. The minimum absolute atomic E-state index is 0.0956. The van der Waals surface area contributed by atoms with Crippen LogP contribution in [0.3, 0.4) is 0 Å². The van der Waals surface area contributed by atoms with E-state index in [0.29, 0.717) is 38.4 Å². The highest BCUT2D eigenvalue weighted by molar-refractivity contribution is 6.31. The van der Waals surface area contributed by atoms with Gasteiger partial charge in [0.05, 0.1) is 12.5 Å². The van der Waals surface area contributed by atoms with Gasteiger partial charge < -0.3 is 4.74 Å². The molecule has 26 heavy (non-hydrogen) atoms. The fraction of sp³-hybridized carbons (Fsp3) is 0.611. The second-order valence-electron chi connectivity index (χ2n) is 6.87. The Labute approximate surface area is 152 Å². The van der Waals surface area contributed by atoms with E-state index >= 15 is 0 Å². The second-order valence-corrected chi connectivity index (χ2v) is 6.87. The van der Waals surface area contributed by atoms with Crippen LogP contribution < -0.4 is 0 Å². The molecule has 0 radical (unpaired) electrons. The summed E-state index contributed by atoms with van der Waals surface area (Å²) in [5, 5.41) is 0. The molecule has 0 aromatic heterocycles. The number of carbonyl (C=O) groups is 3. The molecule has 3 amide bonds. The van der Waals surface area contributed by atoms with E-state index in [1.165, 1.54) is 11.9 Å². The quantitative estimate of drug-likeness (QED) is 0.540. The largest absolute Gasteiger partial charge is 0.466 e. The highest BCUT2D eigenvalue weighted by atomic mass is 16.5. The number of nitrogens with zero attached hydrogens (tertiary/aromatic N) is 4. The lowest BCUT2D eigenvalue weighted by Gasteiger charge is -2.37. The standard InChI is InChI=1S/C18H25N4O4/c1-5-26-17(24)12-6-8-22(9-7-12)14-11(2)10-19-15-13(14)16(23)21(4)18(25)20(15)3/h10,12-13H,5-9H2,1-4H3/q+1. The smallest absolute Gasteiger partial charge is 0.331 e. The third-order valence-electron chi connectivity index (χ3n) is 5.28. The van der Waals surface area contributed by atoms with E-state index in [4.69, 9.17) is 4.74 Å². The van der Waals surface area contributed by atoms with Crippen LogP contribution in [0.2, 0.25) is 0 Å². The van der Waals surface area contributed by atoms with E-state index in [9.17, 15) is 14.4 Å². The predicted octanol–water partition coefficient (Wildman–Crippen LogP) is 0.869. The number of esters is 1. The summed E-state index contributed by atoms with van der Waals surface area (Å²) in [6.07, 6.45) is 3.09. The molecule has 1 atom stereocenters. The van der Waals surface area contributed by atoms with Crippen molar-refractivity contribution in [3.8, 4) is 0 Å². The van der Waals surface area contributed by atoms with Crippen molar-refractivity contribution >= 4 is 29.5 Å². The van der Waals surface area contributed by atoms with Gasteiger partial charge in [-0.05, 0) is 13.8 Å². The van der Waals surface area contributed by atoms with Gasteiger partial charge in [0.15, 0.2) is 5.92 Å². The van der Waals surface area contributed by atoms with Crippen molar-refractivity contribution in [2.75, 3.05) is 33.8 Å². The minimum atomic E-state index is -0.577. The van der Waals surface area contributed by atoms with E-state index in [1.807, 2.05) is 13.8 Å². The topological polar surface area (TPSA) is 82.3 Å². The van der Waals surface area contributed by atoms with E-state index in [-0.39, 0.29) is 23.8 Å². The van der Waals surface area contributed by atoms with Crippen molar-refractivity contribution < 1.29 is 23.7 Å². The Morgan fingerprint density at radius 2 is 1.92 bits per heavy atom. The van der Waals surface area contributed by atoms with Crippen LogP contribution in [-0.4, -0.2) is 77.6 Å². The van der Waals surface area contributed by atoms with Crippen molar-refractivity contribution in [3.63, 3.8) is 0 Å². The fourth-order valence-corrected chi connectivity index (χ4v) is 3.82. The number of hydrogen-bond acceptors (Lipinski definition) is 5. The molecule has 8 heteroatoms. The molecule has 0 aromatic carbocycles. The van der Waals surface area contributed by atoms with Crippen LogP contribution in [-0.2, 0) is 14.3 Å². The fourth-order valence-electron chi connectivity index (χ4n) is 3.82. The maximum Gasteiger partial charge on any atom is 0.331 e. The van der Waals surface area contributed by atoms with Crippen LogP contribution in [0, 0.1) is 11.8 Å². The molecular formula is C18H25N4O4+. The van der Waals surface area contributed by atoms with Gasteiger partial charge in [-0.3, -0.25) is 19.4 Å². The normalized spacial score (nSPS) is 26.5. The van der Waals surface area contributed by atoms with Gasteiger partial charge in [0.1, 0.15) is 18.9 Å². The van der Waals surface area contributed by atoms with Gasteiger partial charge in [-0.15, -0.1) is 0 Å². The lowest BCUT2D eigenvalue weighted by Crippen LogP contribution is -2.61. The Morgan fingerprint density at radius 1 is 1.27 bits per heavy atom. The number of amides is 3. The number of urea groups is 1. The summed E-state index contributed by atoms with van der Waals surface area (Å²) in [6, 6.07) is -0.377. The van der Waals surface area contributed by atoms with E-state index in [2.05, 4.69) is 9.57 Å². The van der Waals surface area contributed by atoms with Crippen LogP contribution in [0.1, 0.15) is 26.7 Å². The molecule has 2 fully saturated rings. The Kier molecular flexibility index (Phi) is 4.93. The van der Waals surface area contributed by atoms with Crippen molar-refractivity contribution in [2.45, 2.75) is 26.7 Å². The first kappa shape index (κ1) is 18.3. The number of allylic oxidation sites excluding steroid dienone is 1. The molecule has 3 heterocycles. The molecular weight excluding hydrogens is 336 g/mol. The summed E-state index contributed by atoms with van der Waals surface area (Å²) < 4.78 is 7.28. The molecule has 0 aliphatic carbocycles. The zero-order valence-corrected chi connectivity index (χ0v) is 15.7. The maximum absolute atomic E-state index is 12.8. The number of carbonyl (C=O) groups excluding carboxylic acids is 3. The van der Waals surface area contributed by atoms with Gasteiger partial charge in [-0.1, -0.05) is 0 Å². The molecule has 0 aromatic rings. The van der Waals surface area contributed by atoms with Gasteiger partial charge in [0, 0.05) is 38.7 Å². The molecule has 140 valence electrons. The van der Waals surface area contributed by atoms with Crippen LogP contribution in [0.4, 0.5) is 4.79 Å². The summed E-state index contributed by atoms with van der Waals surface area (Å²) in [6.45, 7) is 5.46. The molecule has 0 N–H and O–H groups in total. The number of amidine groups is 1. The molecule has 3 aliphatic heterocycles.